The molecule has 0 aliphatic heterocycles. The molecule has 0 heterocycles. The van der Waals surface area contributed by atoms with Gasteiger partial charge in [-0.15, -0.1) is 0 Å². The van der Waals surface area contributed by atoms with E-state index in [4.69, 9.17) is 5.26 Å². The van der Waals surface area contributed by atoms with Crippen LogP contribution in [-0.4, -0.2) is 13.1 Å². The van der Waals surface area contributed by atoms with Crippen molar-refractivity contribution in [2.75, 3.05) is 18.0 Å². The van der Waals surface area contributed by atoms with Crippen molar-refractivity contribution in [3.05, 3.63) is 28.2 Å². The van der Waals surface area contributed by atoms with Gasteiger partial charge in [-0.25, -0.2) is 0 Å². The maximum atomic E-state index is 9.11. The first-order valence-corrected chi connectivity index (χ1v) is 6.48. The molecule has 2 nitrogen and oxygen atoms in total. The van der Waals surface area contributed by atoms with Gasteiger partial charge in [-0.3, -0.25) is 0 Å². The third-order valence-electron chi connectivity index (χ3n) is 2.98. The van der Waals surface area contributed by atoms with Gasteiger partial charge >= 0.3 is 0 Å². The van der Waals surface area contributed by atoms with E-state index in [-0.39, 0.29) is 0 Å². The monoisotopic (exact) mass is 278 g/mol. The molecule has 1 fully saturated rings. The Balaban J connectivity index is 2.27. The topological polar surface area (TPSA) is 27.0 Å². The second-order valence-electron chi connectivity index (χ2n) is 4.26. The van der Waals surface area contributed by atoms with E-state index in [1.807, 2.05) is 18.2 Å². The normalized spacial score (nSPS) is 14.6. The van der Waals surface area contributed by atoms with Crippen molar-refractivity contribution in [3.8, 4) is 6.07 Å². The van der Waals surface area contributed by atoms with Gasteiger partial charge in [-0.1, -0.05) is 15.9 Å². The largest absolute Gasteiger partial charge is 0.370 e. The zero-order valence-corrected chi connectivity index (χ0v) is 11.0. The van der Waals surface area contributed by atoms with Crippen LogP contribution < -0.4 is 4.90 Å². The fraction of sp³-hybridized carbons (Fsp3) is 0.462. The molecule has 0 aromatic heterocycles. The summed E-state index contributed by atoms with van der Waals surface area (Å²) in [7, 11) is 0. The number of halogens is 1. The van der Waals surface area contributed by atoms with E-state index in [2.05, 4.69) is 33.8 Å². The van der Waals surface area contributed by atoms with Gasteiger partial charge in [0, 0.05) is 17.6 Å². The average molecular weight is 279 g/mol. The van der Waals surface area contributed by atoms with E-state index in [1.165, 1.54) is 12.8 Å². The van der Waals surface area contributed by atoms with Gasteiger partial charge in [0.25, 0.3) is 0 Å². The summed E-state index contributed by atoms with van der Waals surface area (Å²) in [4.78, 5) is 2.31. The highest BCUT2D eigenvalue weighted by atomic mass is 79.9. The zero-order valence-electron chi connectivity index (χ0n) is 9.41. The van der Waals surface area contributed by atoms with Crippen LogP contribution in [0.15, 0.2) is 22.7 Å². The first-order valence-electron chi connectivity index (χ1n) is 5.69. The molecule has 16 heavy (non-hydrogen) atoms. The Bertz CT molecular complexity index is 418. The summed E-state index contributed by atoms with van der Waals surface area (Å²) >= 11 is 3.47. The van der Waals surface area contributed by atoms with E-state index in [0.717, 1.165) is 34.7 Å². The molecule has 1 aromatic rings. The maximum absolute atomic E-state index is 9.11. The van der Waals surface area contributed by atoms with Crippen LogP contribution in [0.5, 0.6) is 0 Å². The molecule has 1 aliphatic rings. The second-order valence-corrected chi connectivity index (χ2v) is 5.17. The molecule has 1 aliphatic carbocycles. The van der Waals surface area contributed by atoms with Gasteiger partial charge < -0.3 is 4.90 Å². The molecular formula is C13H15BrN2. The summed E-state index contributed by atoms with van der Waals surface area (Å²) in [5.41, 5.74) is 1.83. The van der Waals surface area contributed by atoms with Gasteiger partial charge in [0.15, 0.2) is 0 Å². The van der Waals surface area contributed by atoms with Gasteiger partial charge in [-0.05, 0) is 43.9 Å². The Kier molecular flexibility index (Phi) is 3.50. The first kappa shape index (κ1) is 11.5. The number of benzene rings is 1. The molecule has 0 saturated heterocycles. The molecule has 1 aromatic carbocycles. The molecule has 0 spiro atoms. The minimum absolute atomic E-state index is 0.769. The van der Waals surface area contributed by atoms with E-state index in [0.29, 0.717) is 0 Å². The van der Waals surface area contributed by atoms with Gasteiger partial charge in [0.1, 0.15) is 6.07 Å². The van der Waals surface area contributed by atoms with E-state index in [1.54, 1.807) is 0 Å². The third-order valence-corrected chi connectivity index (χ3v) is 3.47. The zero-order chi connectivity index (χ0) is 11.5. The Morgan fingerprint density at radius 1 is 1.50 bits per heavy atom. The van der Waals surface area contributed by atoms with Crippen LogP contribution in [0.25, 0.3) is 0 Å². The predicted octanol–water partition coefficient (Wildman–Crippen LogP) is 3.56. The Hall–Kier alpha value is -1.01. The lowest BCUT2D eigenvalue weighted by Crippen LogP contribution is -2.26. The van der Waals surface area contributed by atoms with Gasteiger partial charge in [-0.2, -0.15) is 5.26 Å². The second kappa shape index (κ2) is 4.88. The minimum atomic E-state index is 0.769. The predicted molar refractivity (Wildman–Crippen MR) is 69.5 cm³/mol. The van der Waals surface area contributed by atoms with Crippen LogP contribution in [0.3, 0.4) is 0 Å². The highest BCUT2D eigenvalue weighted by Gasteiger charge is 2.24. The highest BCUT2D eigenvalue weighted by molar-refractivity contribution is 9.10. The van der Waals surface area contributed by atoms with Crippen LogP contribution >= 0.6 is 15.9 Å². The average Bonchev–Trinajstić information content (AvgIpc) is 3.09. The number of nitriles is 1. The molecule has 0 radical (unpaired) electrons. The third kappa shape index (κ3) is 2.56. The summed E-state index contributed by atoms with van der Waals surface area (Å²) < 4.78 is 1.04. The molecular weight excluding hydrogens is 264 g/mol. The molecule has 0 unspecified atom stereocenters. The molecule has 0 N–H and O–H groups in total. The molecule has 1 saturated carbocycles. The molecule has 0 atom stereocenters. The SMILES string of the molecule is CCN(CC1CC1)c1cc(Br)ccc1C#N. The molecule has 2 rings (SSSR count). The summed E-state index contributed by atoms with van der Waals surface area (Å²) in [6.07, 6.45) is 2.68. The summed E-state index contributed by atoms with van der Waals surface area (Å²) in [6.45, 7) is 4.19. The summed E-state index contributed by atoms with van der Waals surface area (Å²) in [6, 6.07) is 8.12. The molecule has 0 amide bonds. The van der Waals surface area contributed by atoms with Crippen molar-refractivity contribution in [2.24, 2.45) is 5.92 Å². The number of hydrogen-bond donors (Lipinski definition) is 0. The minimum Gasteiger partial charge on any atom is -0.370 e. The van der Waals surface area contributed by atoms with Crippen molar-refractivity contribution < 1.29 is 0 Å². The Morgan fingerprint density at radius 2 is 2.25 bits per heavy atom. The molecule has 3 heteroatoms. The van der Waals surface area contributed by atoms with Crippen molar-refractivity contribution in [1.29, 1.82) is 5.26 Å². The smallest absolute Gasteiger partial charge is 0.101 e. The van der Waals surface area contributed by atoms with E-state index >= 15 is 0 Å². The fourth-order valence-corrected chi connectivity index (χ4v) is 2.22. The summed E-state index contributed by atoms with van der Waals surface area (Å²) in [5.74, 6) is 0.838. The quantitative estimate of drug-likeness (QED) is 0.842. The Labute approximate surface area is 105 Å². The molecule has 84 valence electrons. The number of rotatable bonds is 4. The first-order chi connectivity index (χ1) is 7.74. The maximum Gasteiger partial charge on any atom is 0.101 e. The summed E-state index contributed by atoms with van der Waals surface area (Å²) in [5, 5.41) is 9.11. The Morgan fingerprint density at radius 3 is 2.81 bits per heavy atom. The van der Waals surface area contributed by atoms with E-state index < -0.39 is 0 Å². The lowest BCUT2D eigenvalue weighted by molar-refractivity contribution is 0.741. The highest BCUT2D eigenvalue weighted by Crippen LogP contribution is 2.33. The number of hydrogen-bond acceptors (Lipinski definition) is 2. The lowest BCUT2D eigenvalue weighted by atomic mass is 10.1. The standard InChI is InChI=1S/C13H15BrN2/c1-2-16(9-10-3-4-10)13-7-12(14)6-5-11(13)8-15/h5-7,10H,2-4,9H2,1H3. The number of nitrogens with zero attached hydrogens (tertiary/aromatic N) is 2. The lowest BCUT2D eigenvalue weighted by Gasteiger charge is -2.24. The van der Waals surface area contributed by atoms with E-state index in [9.17, 15) is 0 Å². The van der Waals surface area contributed by atoms with Crippen molar-refractivity contribution >= 4 is 21.6 Å². The van der Waals surface area contributed by atoms with Crippen LogP contribution in [0.1, 0.15) is 25.3 Å². The van der Waals surface area contributed by atoms with Crippen molar-refractivity contribution in [1.82, 2.24) is 0 Å². The van der Waals surface area contributed by atoms with Crippen LogP contribution in [0.4, 0.5) is 5.69 Å². The molecule has 0 bridgehead atoms. The van der Waals surface area contributed by atoms with Crippen molar-refractivity contribution in [3.63, 3.8) is 0 Å². The van der Waals surface area contributed by atoms with Gasteiger partial charge in [0.05, 0.1) is 11.3 Å². The van der Waals surface area contributed by atoms with Gasteiger partial charge in [0.2, 0.25) is 0 Å². The van der Waals surface area contributed by atoms with Crippen LogP contribution in [0.2, 0.25) is 0 Å². The van der Waals surface area contributed by atoms with Crippen LogP contribution in [0, 0.1) is 17.2 Å². The number of anilines is 1. The van der Waals surface area contributed by atoms with Crippen molar-refractivity contribution in [2.45, 2.75) is 19.8 Å². The van der Waals surface area contributed by atoms with Crippen LogP contribution in [-0.2, 0) is 0 Å². The fourth-order valence-electron chi connectivity index (χ4n) is 1.87.